The molecule has 1 N–H and O–H groups in total. The second-order valence-electron chi connectivity index (χ2n) is 3.45. The molecule has 2 nitrogen and oxygen atoms in total. The minimum atomic E-state index is -0.195. The van der Waals surface area contributed by atoms with Crippen molar-refractivity contribution in [2.24, 2.45) is 0 Å². The third-order valence-corrected chi connectivity index (χ3v) is 2.43. The molecular weight excluding hydrogens is 164 g/mol. The van der Waals surface area contributed by atoms with Gasteiger partial charge in [0.15, 0.2) is 0 Å². The van der Waals surface area contributed by atoms with Crippen LogP contribution in [0.5, 0.6) is 0 Å². The first kappa shape index (κ1) is 8.73. The van der Waals surface area contributed by atoms with Gasteiger partial charge in [0.05, 0.1) is 12.2 Å². The summed E-state index contributed by atoms with van der Waals surface area (Å²) in [7, 11) is 0. The summed E-state index contributed by atoms with van der Waals surface area (Å²) in [6, 6.07) is 10.1. The van der Waals surface area contributed by atoms with Gasteiger partial charge in [-0.1, -0.05) is 30.3 Å². The Labute approximate surface area is 78.2 Å². The van der Waals surface area contributed by atoms with E-state index in [1.54, 1.807) is 0 Å². The Balaban J connectivity index is 2.08. The number of aliphatic hydroxyl groups excluding tert-OH is 1. The zero-order valence-electron chi connectivity index (χ0n) is 7.52. The first-order valence-corrected chi connectivity index (χ1v) is 4.71. The molecule has 0 saturated carbocycles. The standard InChI is InChI=1S/C11H14O2/c12-10-6-7-13-11(8-10)9-4-2-1-3-5-9/h1-5,10-12H,6-8H2/t10-,11-/m0/s1. The van der Waals surface area contributed by atoms with Crippen LogP contribution in [-0.2, 0) is 4.74 Å². The molecule has 0 aliphatic carbocycles. The van der Waals surface area contributed by atoms with E-state index in [4.69, 9.17) is 4.74 Å². The summed E-state index contributed by atoms with van der Waals surface area (Å²) in [6.45, 7) is 0.667. The van der Waals surface area contributed by atoms with Crippen molar-refractivity contribution in [1.82, 2.24) is 0 Å². The summed E-state index contributed by atoms with van der Waals surface area (Å²) in [6.07, 6.45) is 1.39. The van der Waals surface area contributed by atoms with Crippen molar-refractivity contribution in [3.8, 4) is 0 Å². The molecule has 1 aromatic carbocycles. The van der Waals surface area contributed by atoms with Crippen molar-refractivity contribution in [3.63, 3.8) is 0 Å². The fourth-order valence-electron chi connectivity index (χ4n) is 1.68. The second kappa shape index (κ2) is 3.90. The quantitative estimate of drug-likeness (QED) is 0.711. The van der Waals surface area contributed by atoms with Crippen LogP contribution in [0.4, 0.5) is 0 Å². The van der Waals surface area contributed by atoms with Gasteiger partial charge in [-0.2, -0.15) is 0 Å². The van der Waals surface area contributed by atoms with Crippen LogP contribution in [0.25, 0.3) is 0 Å². The number of aliphatic hydroxyl groups is 1. The Bertz CT molecular complexity index is 258. The molecule has 0 unspecified atom stereocenters. The summed E-state index contributed by atoms with van der Waals surface area (Å²) < 4.78 is 5.57. The summed E-state index contributed by atoms with van der Waals surface area (Å²) >= 11 is 0. The monoisotopic (exact) mass is 178 g/mol. The molecule has 1 fully saturated rings. The van der Waals surface area contributed by atoms with E-state index < -0.39 is 0 Å². The topological polar surface area (TPSA) is 29.5 Å². The molecule has 0 bridgehead atoms. The molecule has 2 atom stereocenters. The van der Waals surface area contributed by atoms with Gasteiger partial charge < -0.3 is 9.84 Å². The Hall–Kier alpha value is -0.860. The average Bonchev–Trinajstić information content (AvgIpc) is 2.19. The largest absolute Gasteiger partial charge is 0.393 e. The molecule has 70 valence electrons. The molecule has 1 saturated heterocycles. The van der Waals surface area contributed by atoms with E-state index in [0.29, 0.717) is 6.61 Å². The van der Waals surface area contributed by atoms with E-state index in [0.717, 1.165) is 12.8 Å². The predicted molar refractivity (Wildman–Crippen MR) is 50.4 cm³/mol. The van der Waals surface area contributed by atoms with Gasteiger partial charge in [-0.15, -0.1) is 0 Å². The van der Waals surface area contributed by atoms with Crippen molar-refractivity contribution in [3.05, 3.63) is 35.9 Å². The van der Waals surface area contributed by atoms with Gasteiger partial charge in [-0.3, -0.25) is 0 Å². The molecule has 13 heavy (non-hydrogen) atoms. The lowest BCUT2D eigenvalue weighted by molar-refractivity contribution is -0.0447. The minimum Gasteiger partial charge on any atom is -0.393 e. The second-order valence-corrected chi connectivity index (χ2v) is 3.45. The van der Waals surface area contributed by atoms with Crippen LogP contribution in [0.2, 0.25) is 0 Å². The molecule has 1 aliphatic heterocycles. The fraction of sp³-hybridized carbons (Fsp3) is 0.455. The minimum absolute atomic E-state index is 0.0879. The number of rotatable bonds is 1. The molecule has 0 amide bonds. The molecule has 0 radical (unpaired) electrons. The Morgan fingerprint density at radius 2 is 2.00 bits per heavy atom. The van der Waals surface area contributed by atoms with Gasteiger partial charge in [0.1, 0.15) is 0 Å². The van der Waals surface area contributed by atoms with Gasteiger partial charge in [-0.05, 0) is 12.0 Å². The summed E-state index contributed by atoms with van der Waals surface area (Å²) in [5, 5.41) is 9.46. The van der Waals surface area contributed by atoms with Crippen molar-refractivity contribution < 1.29 is 9.84 Å². The van der Waals surface area contributed by atoms with Crippen LogP contribution >= 0.6 is 0 Å². The van der Waals surface area contributed by atoms with E-state index >= 15 is 0 Å². The van der Waals surface area contributed by atoms with Crippen LogP contribution in [0.15, 0.2) is 30.3 Å². The van der Waals surface area contributed by atoms with Crippen molar-refractivity contribution >= 4 is 0 Å². The number of hydrogen-bond donors (Lipinski definition) is 1. The Morgan fingerprint density at radius 3 is 2.69 bits per heavy atom. The highest BCUT2D eigenvalue weighted by Gasteiger charge is 2.21. The lowest BCUT2D eigenvalue weighted by Crippen LogP contribution is -2.23. The molecule has 2 heteroatoms. The van der Waals surface area contributed by atoms with Crippen molar-refractivity contribution in [2.45, 2.75) is 25.0 Å². The zero-order valence-corrected chi connectivity index (χ0v) is 7.52. The summed E-state index contributed by atoms with van der Waals surface area (Å²) in [5.74, 6) is 0. The first-order chi connectivity index (χ1) is 6.36. The maximum atomic E-state index is 9.46. The van der Waals surface area contributed by atoms with Crippen molar-refractivity contribution in [1.29, 1.82) is 0 Å². The van der Waals surface area contributed by atoms with Crippen molar-refractivity contribution in [2.75, 3.05) is 6.61 Å². The highest BCUT2D eigenvalue weighted by atomic mass is 16.5. The molecule has 0 aromatic heterocycles. The van der Waals surface area contributed by atoms with E-state index in [-0.39, 0.29) is 12.2 Å². The normalized spacial score (nSPS) is 28.7. The van der Waals surface area contributed by atoms with E-state index in [1.165, 1.54) is 5.56 Å². The third kappa shape index (κ3) is 2.08. The van der Waals surface area contributed by atoms with E-state index in [9.17, 15) is 5.11 Å². The number of benzene rings is 1. The van der Waals surface area contributed by atoms with Gasteiger partial charge >= 0.3 is 0 Å². The van der Waals surface area contributed by atoms with Gasteiger partial charge in [0.2, 0.25) is 0 Å². The van der Waals surface area contributed by atoms with Gasteiger partial charge in [0.25, 0.3) is 0 Å². The third-order valence-electron chi connectivity index (χ3n) is 2.43. The van der Waals surface area contributed by atoms with Crippen LogP contribution in [0, 0.1) is 0 Å². The van der Waals surface area contributed by atoms with Crippen LogP contribution in [-0.4, -0.2) is 17.8 Å². The molecule has 1 heterocycles. The predicted octanol–water partition coefficient (Wildman–Crippen LogP) is 1.90. The van der Waals surface area contributed by atoms with Gasteiger partial charge in [-0.25, -0.2) is 0 Å². The molecule has 2 rings (SSSR count). The molecular formula is C11H14O2. The van der Waals surface area contributed by atoms with E-state index in [2.05, 4.69) is 0 Å². The Kier molecular flexibility index (Phi) is 2.62. The first-order valence-electron chi connectivity index (χ1n) is 4.71. The smallest absolute Gasteiger partial charge is 0.0849 e. The van der Waals surface area contributed by atoms with Gasteiger partial charge in [0, 0.05) is 13.0 Å². The maximum Gasteiger partial charge on any atom is 0.0849 e. The SMILES string of the molecule is O[C@H]1CCO[C@H](c2ccccc2)C1. The van der Waals surface area contributed by atoms with Crippen LogP contribution in [0.3, 0.4) is 0 Å². The lowest BCUT2D eigenvalue weighted by atomic mass is 10.00. The number of ether oxygens (including phenoxy) is 1. The molecule has 1 aliphatic rings. The Morgan fingerprint density at radius 1 is 1.23 bits per heavy atom. The highest BCUT2D eigenvalue weighted by Crippen LogP contribution is 2.27. The summed E-state index contributed by atoms with van der Waals surface area (Å²) in [5.41, 5.74) is 1.17. The van der Waals surface area contributed by atoms with Crippen LogP contribution < -0.4 is 0 Å². The lowest BCUT2D eigenvalue weighted by Gasteiger charge is -2.26. The molecule has 0 spiro atoms. The summed E-state index contributed by atoms with van der Waals surface area (Å²) in [4.78, 5) is 0. The maximum absolute atomic E-state index is 9.46. The average molecular weight is 178 g/mol. The number of hydrogen-bond acceptors (Lipinski definition) is 2. The zero-order chi connectivity index (χ0) is 9.10. The van der Waals surface area contributed by atoms with E-state index in [1.807, 2.05) is 30.3 Å². The fourth-order valence-corrected chi connectivity index (χ4v) is 1.68. The van der Waals surface area contributed by atoms with Crippen LogP contribution in [0.1, 0.15) is 24.5 Å². The highest BCUT2D eigenvalue weighted by molar-refractivity contribution is 5.18. The molecule has 1 aromatic rings.